The van der Waals surface area contributed by atoms with Gasteiger partial charge >= 0.3 is 0 Å². The van der Waals surface area contributed by atoms with Crippen LogP contribution in [0.15, 0.2) is 60.8 Å². The Morgan fingerprint density at radius 3 is 2.41 bits per heavy atom. The minimum Gasteiger partial charge on any atom is -0.366 e. The van der Waals surface area contributed by atoms with Crippen LogP contribution in [0.2, 0.25) is 5.02 Å². The second-order valence-electron chi connectivity index (χ2n) is 7.74. The SMILES string of the molecule is CC(C)(C)c1cc(C(N)=O)ccc1C(=O)Nc1ccc(Cl)c(-c2ccccn2)c1. The first-order valence-corrected chi connectivity index (χ1v) is 9.51. The van der Waals surface area contributed by atoms with Gasteiger partial charge in [0.1, 0.15) is 0 Å². The number of hydrogen-bond acceptors (Lipinski definition) is 3. The van der Waals surface area contributed by atoms with E-state index in [1.54, 1.807) is 42.6 Å². The van der Waals surface area contributed by atoms with Crippen molar-refractivity contribution in [2.75, 3.05) is 5.32 Å². The van der Waals surface area contributed by atoms with Gasteiger partial charge in [-0.25, -0.2) is 0 Å². The van der Waals surface area contributed by atoms with Crippen molar-refractivity contribution in [2.24, 2.45) is 5.73 Å². The van der Waals surface area contributed by atoms with E-state index in [1.165, 1.54) is 0 Å². The summed E-state index contributed by atoms with van der Waals surface area (Å²) in [6, 6.07) is 15.7. The standard InChI is InChI=1S/C23H22ClN3O2/c1-23(2,3)18-12-14(21(25)28)7-9-16(18)22(29)27-15-8-10-19(24)17(13-15)20-6-4-5-11-26-20/h4-13H,1-3H3,(H2,25,28)(H,27,29). The molecule has 1 heterocycles. The van der Waals surface area contributed by atoms with Gasteiger partial charge in [-0.05, 0) is 59.5 Å². The van der Waals surface area contributed by atoms with Crippen molar-refractivity contribution >= 4 is 29.1 Å². The van der Waals surface area contributed by atoms with E-state index in [2.05, 4.69) is 10.3 Å². The van der Waals surface area contributed by atoms with Gasteiger partial charge in [-0.15, -0.1) is 0 Å². The molecular weight excluding hydrogens is 386 g/mol. The number of primary amides is 1. The zero-order valence-electron chi connectivity index (χ0n) is 16.5. The number of pyridine rings is 1. The Hall–Kier alpha value is -3.18. The van der Waals surface area contributed by atoms with E-state index in [9.17, 15) is 9.59 Å². The van der Waals surface area contributed by atoms with Crippen molar-refractivity contribution in [3.05, 3.63) is 82.5 Å². The summed E-state index contributed by atoms with van der Waals surface area (Å²) >= 11 is 6.32. The van der Waals surface area contributed by atoms with Crippen molar-refractivity contribution in [3.8, 4) is 11.3 Å². The maximum Gasteiger partial charge on any atom is 0.255 e. The molecule has 0 spiro atoms. The Labute approximate surface area is 174 Å². The highest BCUT2D eigenvalue weighted by Crippen LogP contribution is 2.31. The predicted octanol–water partition coefficient (Wildman–Crippen LogP) is 5.05. The van der Waals surface area contributed by atoms with E-state index in [0.717, 1.165) is 16.8 Å². The fourth-order valence-electron chi connectivity index (χ4n) is 3.04. The van der Waals surface area contributed by atoms with Crippen LogP contribution in [0, 0.1) is 0 Å². The largest absolute Gasteiger partial charge is 0.366 e. The second-order valence-corrected chi connectivity index (χ2v) is 8.15. The highest BCUT2D eigenvalue weighted by molar-refractivity contribution is 6.33. The molecule has 3 N–H and O–H groups in total. The Kier molecular flexibility index (Phi) is 5.71. The minimum absolute atomic E-state index is 0.278. The Balaban J connectivity index is 1.96. The monoisotopic (exact) mass is 407 g/mol. The summed E-state index contributed by atoms with van der Waals surface area (Å²) in [5.74, 6) is -0.805. The maximum atomic E-state index is 13.0. The first-order chi connectivity index (χ1) is 13.7. The first kappa shape index (κ1) is 20.6. The summed E-state index contributed by atoms with van der Waals surface area (Å²) in [6.07, 6.45) is 1.69. The summed E-state index contributed by atoms with van der Waals surface area (Å²) in [4.78, 5) is 28.9. The number of rotatable bonds is 4. The number of hydrogen-bond donors (Lipinski definition) is 2. The van der Waals surface area contributed by atoms with Crippen molar-refractivity contribution in [1.82, 2.24) is 4.98 Å². The van der Waals surface area contributed by atoms with E-state index in [1.807, 2.05) is 39.0 Å². The van der Waals surface area contributed by atoms with Crippen LogP contribution in [0.3, 0.4) is 0 Å². The van der Waals surface area contributed by atoms with Crippen molar-refractivity contribution in [3.63, 3.8) is 0 Å². The zero-order valence-corrected chi connectivity index (χ0v) is 17.2. The fraction of sp³-hybridized carbons (Fsp3) is 0.174. The second kappa shape index (κ2) is 8.05. The number of amides is 2. The number of nitrogens with two attached hydrogens (primary N) is 1. The Morgan fingerprint density at radius 1 is 1.03 bits per heavy atom. The zero-order chi connectivity index (χ0) is 21.2. The molecular formula is C23H22ClN3O2. The Bertz CT molecular complexity index is 1070. The lowest BCUT2D eigenvalue weighted by Gasteiger charge is -2.23. The number of nitrogens with one attached hydrogen (secondary N) is 1. The summed E-state index contributed by atoms with van der Waals surface area (Å²) in [7, 11) is 0. The molecule has 0 saturated heterocycles. The van der Waals surface area contributed by atoms with E-state index < -0.39 is 5.91 Å². The third-order valence-corrected chi connectivity index (χ3v) is 4.85. The highest BCUT2D eigenvalue weighted by Gasteiger charge is 2.23. The third-order valence-electron chi connectivity index (χ3n) is 4.52. The summed E-state index contributed by atoms with van der Waals surface area (Å²) in [5, 5.41) is 3.46. The molecule has 5 nitrogen and oxygen atoms in total. The summed E-state index contributed by atoms with van der Waals surface area (Å²) < 4.78 is 0. The van der Waals surface area contributed by atoms with E-state index in [-0.39, 0.29) is 11.3 Å². The van der Waals surface area contributed by atoms with E-state index in [0.29, 0.717) is 21.8 Å². The normalized spacial score (nSPS) is 11.2. The van der Waals surface area contributed by atoms with Gasteiger partial charge in [-0.3, -0.25) is 14.6 Å². The number of aromatic nitrogens is 1. The highest BCUT2D eigenvalue weighted by atomic mass is 35.5. The topological polar surface area (TPSA) is 85.1 Å². The smallest absolute Gasteiger partial charge is 0.255 e. The fourth-order valence-corrected chi connectivity index (χ4v) is 3.25. The van der Waals surface area contributed by atoms with Gasteiger partial charge in [0.05, 0.1) is 10.7 Å². The minimum atomic E-state index is -0.528. The molecule has 3 rings (SSSR count). The maximum absolute atomic E-state index is 13.0. The summed E-state index contributed by atoms with van der Waals surface area (Å²) in [6.45, 7) is 5.93. The number of carbonyl (C=O) groups is 2. The molecule has 0 atom stereocenters. The molecule has 0 aliphatic carbocycles. The molecule has 2 aromatic carbocycles. The third kappa shape index (κ3) is 4.63. The van der Waals surface area contributed by atoms with Gasteiger partial charge < -0.3 is 11.1 Å². The lowest BCUT2D eigenvalue weighted by molar-refractivity contribution is 0.0994. The molecule has 0 aliphatic rings. The number of halogens is 1. The lowest BCUT2D eigenvalue weighted by atomic mass is 9.82. The predicted molar refractivity (Wildman–Crippen MR) is 116 cm³/mol. The Morgan fingerprint density at radius 2 is 1.79 bits per heavy atom. The van der Waals surface area contributed by atoms with Crippen LogP contribution in [0.25, 0.3) is 11.3 Å². The number of benzene rings is 2. The van der Waals surface area contributed by atoms with Gasteiger partial charge in [0.25, 0.3) is 5.91 Å². The molecule has 0 fully saturated rings. The van der Waals surface area contributed by atoms with Gasteiger partial charge in [-0.1, -0.05) is 38.4 Å². The first-order valence-electron chi connectivity index (χ1n) is 9.13. The molecule has 2 amide bonds. The van der Waals surface area contributed by atoms with Gasteiger partial charge in [0, 0.05) is 28.6 Å². The van der Waals surface area contributed by atoms with Gasteiger partial charge in [-0.2, -0.15) is 0 Å². The summed E-state index contributed by atoms with van der Waals surface area (Å²) in [5.41, 5.74) is 8.69. The van der Waals surface area contributed by atoms with Crippen LogP contribution >= 0.6 is 11.6 Å². The van der Waals surface area contributed by atoms with Gasteiger partial charge in [0.2, 0.25) is 5.91 Å². The molecule has 148 valence electrons. The van der Waals surface area contributed by atoms with Crippen molar-refractivity contribution in [1.29, 1.82) is 0 Å². The molecule has 6 heteroatoms. The molecule has 1 aromatic heterocycles. The number of nitrogens with zero attached hydrogens (tertiary/aromatic N) is 1. The van der Waals surface area contributed by atoms with Gasteiger partial charge in [0.15, 0.2) is 0 Å². The van der Waals surface area contributed by atoms with Crippen LogP contribution in [0.5, 0.6) is 0 Å². The quantitative estimate of drug-likeness (QED) is 0.634. The van der Waals surface area contributed by atoms with Crippen LogP contribution < -0.4 is 11.1 Å². The van der Waals surface area contributed by atoms with Crippen LogP contribution in [0.4, 0.5) is 5.69 Å². The molecule has 0 saturated carbocycles. The molecule has 0 bridgehead atoms. The molecule has 0 radical (unpaired) electrons. The van der Waals surface area contributed by atoms with Crippen LogP contribution in [0.1, 0.15) is 47.1 Å². The van der Waals surface area contributed by atoms with E-state index in [4.69, 9.17) is 17.3 Å². The lowest BCUT2D eigenvalue weighted by Crippen LogP contribution is -2.22. The van der Waals surface area contributed by atoms with Crippen LogP contribution in [-0.2, 0) is 5.41 Å². The average molecular weight is 408 g/mol. The molecule has 0 aliphatic heterocycles. The van der Waals surface area contributed by atoms with E-state index >= 15 is 0 Å². The average Bonchev–Trinajstić information content (AvgIpc) is 2.69. The molecule has 3 aromatic rings. The number of anilines is 1. The number of carbonyl (C=O) groups excluding carboxylic acids is 2. The molecule has 0 unspecified atom stereocenters. The van der Waals surface area contributed by atoms with Crippen molar-refractivity contribution in [2.45, 2.75) is 26.2 Å². The van der Waals surface area contributed by atoms with Crippen molar-refractivity contribution < 1.29 is 9.59 Å². The molecule has 29 heavy (non-hydrogen) atoms. The van der Waals surface area contributed by atoms with Crippen LogP contribution in [-0.4, -0.2) is 16.8 Å².